The summed E-state index contributed by atoms with van der Waals surface area (Å²) in [6.07, 6.45) is 4.39. The summed E-state index contributed by atoms with van der Waals surface area (Å²) in [4.78, 5) is 25.6. The van der Waals surface area contributed by atoms with Crippen molar-refractivity contribution in [2.24, 2.45) is 0 Å². The topological polar surface area (TPSA) is 82.0 Å². The number of rotatable bonds is 6. The number of anilines is 1. The van der Waals surface area contributed by atoms with Crippen molar-refractivity contribution in [2.45, 2.75) is 36.6 Å². The van der Waals surface area contributed by atoms with Crippen LogP contribution in [0.5, 0.6) is 0 Å². The molecule has 27 heavy (non-hydrogen) atoms. The number of nitrogens with zero attached hydrogens (tertiary/aromatic N) is 1. The first-order valence-electron chi connectivity index (χ1n) is 8.98. The molecule has 2 aromatic rings. The van der Waals surface area contributed by atoms with Gasteiger partial charge in [0.15, 0.2) is 0 Å². The molecule has 0 saturated heterocycles. The number of hydrogen-bond donors (Lipinski definition) is 2. The van der Waals surface area contributed by atoms with Crippen LogP contribution in [0.3, 0.4) is 0 Å². The Morgan fingerprint density at radius 2 is 1.89 bits per heavy atom. The van der Waals surface area contributed by atoms with Crippen LogP contribution in [-0.4, -0.2) is 23.6 Å². The lowest BCUT2D eigenvalue weighted by Crippen LogP contribution is -2.32. The predicted octanol–water partition coefficient (Wildman–Crippen LogP) is 3.96. The van der Waals surface area contributed by atoms with E-state index in [1.807, 2.05) is 24.3 Å². The largest absolute Gasteiger partial charge is 0.349 e. The zero-order valence-electron chi connectivity index (χ0n) is 14.9. The van der Waals surface area contributed by atoms with E-state index in [0.717, 1.165) is 30.6 Å². The Morgan fingerprint density at radius 3 is 2.67 bits per heavy atom. The SMILES string of the molecule is N#Cc1cccc(NC(=O)CSc2ccccc2C(=O)NC2CCCC2)c1. The van der Waals surface area contributed by atoms with Crippen molar-refractivity contribution >= 4 is 29.3 Å². The van der Waals surface area contributed by atoms with Gasteiger partial charge in [-0.3, -0.25) is 9.59 Å². The van der Waals surface area contributed by atoms with E-state index < -0.39 is 0 Å². The van der Waals surface area contributed by atoms with Crippen LogP contribution in [-0.2, 0) is 4.79 Å². The number of thioether (sulfide) groups is 1. The molecule has 1 aliphatic carbocycles. The van der Waals surface area contributed by atoms with Crippen LogP contribution in [0.25, 0.3) is 0 Å². The maximum Gasteiger partial charge on any atom is 0.252 e. The third kappa shape index (κ3) is 5.35. The number of nitriles is 1. The fourth-order valence-electron chi connectivity index (χ4n) is 3.12. The predicted molar refractivity (Wildman–Crippen MR) is 107 cm³/mol. The molecule has 2 N–H and O–H groups in total. The molecule has 0 spiro atoms. The summed E-state index contributed by atoms with van der Waals surface area (Å²) >= 11 is 1.33. The molecular weight excluding hydrogens is 358 g/mol. The van der Waals surface area contributed by atoms with Crippen LogP contribution in [0, 0.1) is 11.3 Å². The first kappa shape index (κ1) is 19.0. The quantitative estimate of drug-likeness (QED) is 0.744. The number of carbonyl (C=O) groups is 2. The van der Waals surface area contributed by atoms with Crippen molar-refractivity contribution < 1.29 is 9.59 Å². The fourth-order valence-corrected chi connectivity index (χ4v) is 3.97. The minimum Gasteiger partial charge on any atom is -0.349 e. The summed E-state index contributed by atoms with van der Waals surface area (Å²) in [5, 5.41) is 14.8. The van der Waals surface area contributed by atoms with E-state index >= 15 is 0 Å². The smallest absolute Gasteiger partial charge is 0.252 e. The molecule has 0 bridgehead atoms. The highest BCUT2D eigenvalue weighted by atomic mass is 32.2. The zero-order chi connectivity index (χ0) is 19.1. The summed E-state index contributed by atoms with van der Waals surface area (Å²) in [7, 11) is 0. The van der Waals surface area contributed by atoms with Gasteiger partial charge in [-0.1, -0.05) is 31.0 Å². The zero-order valence-corrected chi connectivity index (χ0v) is 15.7. The Hall–Kier alpha value is -2.78. The summed E-state index contributed by atoms with van der Waals surface area (Å²) in [5.74, 6) is -0.0713. The maximum atomic E-state index is 12.6. The highest BCUT2D eigenvalue weighted by molar-refractivity contribution is 8.00. The fraction of sp³-hybridized carbons (Fsp3) is 0.286. The Morgan fingerprint density at radius 1 is 1.11 bits per heavy atom. The van der Waals surface area contributed by atoms with Gasteiger partial charge in [0.1, 0.15) is 0 Å². The first-order valence-corrected chi connectivity index (χ1v) is 9.97. The van der Waals surface area contributed by atoms with Gasteiger partial charge in [0.2, 0.25) is 5.91 Å². The van der Waals surface area contributed by atoms with Crippen molar-refractivity contribution in [1.29, 1.82) is 5.26 Å². The lowest BCUT2D eigenvalue weighted by molar-refractivity contribution is -0.113. The van der Waals surface area contributed by atoms with Crippen molar-refractivity contribution in [3.8, 4) is 6.07 Å². The Kier molecular flexibility index (Phi) is 6.50. The molecule has 0 radical (unpaired) electrons. The minimum atomic E-state index is -0.180. The van der Waals surface area contributed by atoms with E-state index in [2.05, 4.69) is 10.6 Å². The van der Waals surface area contributed by atoms with Gasteiger partial charge >= 0.3 is 0 Å². The molecule has 0 heterocycles. The van der Waals surface area contributed by atoms with E-state index in [1.165, 1.54) is 11.8 Å². The summed E-state index contributed by atoms with van der Waals surface area (Å²) < 4.78 is 0. The van der Waals surface area contributed by atoms with Crippen LogP contribution in [0.1, 0.15) is 41.6 Å². The standard InChI is InChI=1S/C21H21N3O2S/c22-13-15-6-5-9-17(12-15)23-20(25)14-27-19-11-4-3-10-18(19)21(26)24-16-7-1-2-8-16/h3-6,9-12,16H,1-2,7-8,14H2,(H,23,25)(H,24,26). The van der Waals surface area contributed by atoms with E-state index in [1.54, 1.807) is 30.3 Å². The monoisotopic (exact) mass is 379 g/mol. The van der Waals surface area contributed by atoms with Crippen molar-refractivity contribution in [3.63, 3.8) is 0 Å². The van der Waals surface area contributed by atoms with Gasteiger partial charge in [-0.15, -0.1) is 11.8 Å². The second kappa shape index (κ2) is 9.24. The Bertz CT molecular complexity index is 870. The second-order valence-corrected chi connectivity index (χ2v) is 7.50. The number of benzene rings is 2. The normalized spacial score (nSPS) is 13.7. The average Bonchev–Trinajstić information content (AvgIpc) is 3.19. The summed E-state index contributed by atoms with van der Waals surface area (Å²) in [5.41, 5.74) is 1.69. The third-order valence-electron chi connectivity index (χ3n) is 4.46. The van der Waals surface area contributed by atoms with Crippen LogP contribution in [0.2, 0.25) is 0 Å². The van der Waals surface area contributed by atoms with Crippen LogP contribution in [0.4, 0.5) is 5.69 Å². The van der Waals surface area contributed by atoms with Gasteiger partial charge in [-0.2, -0.15) is 5.26 Å². The lowest BCUT2D eigenvalue weighted by Gasteiger charge is -2.14. The molecule has 5 nitrogen and oxygen atoms in total. The third-order valence-corrected chi connectivity index (χ3v) is 5.53. The van der Waals surface area contributed by atoms with Crippen LogP contribution < -0.4 is 10.6 Å². The van der Waals surface area contributed by atoms with E-state index in [-0.39, 0.29) is 23.6 Å². The molecule has 0 aromatic heterocycles. The number of hydrogen-bond acceptors (Lipinski definition) is 4. The molecule has 1 aliphatic rings. The molecule has 3 rings (SSSR count). The molecule has 2 amide bonds. The molecule has 2 aromatic carbocycles. The molecule has 0 atom stereocenters. The Balaban J connectivity index is 1.59. The first-order chi connectivity index (χ1) is 13.2. The molecule has 0 aliphatic heterocycles. The molecule has 138 valence electrons. The summed E-state index contributed by atoms with van der Waals surface area (Å²) in [6, 6.07) is 16.4. The molecule has 1 saturated carbocycles. The van der Waals surface area contributed by atoms with Gasteiger partial charge in [0, 0.05) is 16.6 Å². The van der Waals surface area contributed by atoms with Crippen LogP contribution in [0.15, 0.2) is 53.4 Å². The van der Waals surface area contributed by atoms with Crippen molar-refractivity contribution in [1.82, 2.24) is 5.32 Å². The lowest BCUT2D eigenvalue weighted by atomic mass is 10.2. The molecule has 0 unspecified atom stereocenters. The highest BCUT2D eigenvalue weighted by Crippen LogP contribution is 2.24. The van der Waals surface area contributed by atoms with Crippen LogP contribution >= 0.6 is 11.8 Å². The van der Waals surface area contributed by atoms with Crippen molar-refractivity contribution in [2.75, 3.05) is 11.1 Å². The van der Waals surface area contributed by atoms with E-state index in [9.17, 15) is 9.59 Å². The molecule has 6 heteroatoms. The average molecular weight is 379 g/mol. The number of amides is 2. The van der Waals surface area contributed by atoms with Gasteiger partial charge in [-0.05, 0) is 43.2 Å². The highest BCUT2D eigenvalue weighted by Gasteiger charge is 2.19. The van der Waals surface area contributed by atoms with Gasteiger partial charge in [0.05, 0.1) is 22.9 Å². The van der Waals surface area contributed by atoms with Gasteiger partial charge < -0.3 is 10.6 Å². The molecule has 1 fully saturated rings. The minimum absolute atomic E-state index is 0.0767. The summed E-state index contributed by atoms with van der Waals surface area (Å²) in [6.45, 7) is 0. The van der Waals surface area contributed by atoms with Gasteiger partial charge in [-0.25, -0.2) is 0 Å². The van der Waals surface area contributed by atoms with Crippen molar-refractivity contribution in [3.05, 3.63) is 59.7 Å². The maximum absolute atomic E-state index is 12.6. The van der Waals surface area contributed by atoms with E-state index in [4.69, 9.17) is 5.26 Å². The number of nitrogens with one attached hydrogen (secondary N) is 2. The second-order valence-electron chi connectivity index (χ2n) is 6.48. The Labute approximate surface area is 163 Å². The number of carbonyl (C=O) groups excluding carboxylic acids is 2. The van der Waals surface area contributed by atoms with Gasteiger partial charge in [0.25, 0.3) is 5.91 Å². The molecular formula is C21H21N3O2S. The van der Waals surface area contributed by atoms with E-state index in [0.29, 0.717) is 16.8 Å².